The molecule has 1 aromatic carbocycles. The predicted molar refractivity (Wildman–Crippen MR) is 92.4 cm³/mol. The Kier molecular flexibility index (Phi) is 5.87. The lowest BCUT2D eigenvalue weighted by Crippen LogP contribution is -2.34. The molecule has 1 heterocycles. The molecule has 2 aromatic rings. The van der Waals surface area contributed by atoms with E-state index in [0.29, 0.717) is 5.02 Å². The molecule has 120 valence electrons. The highest BCUT2D eigenvalue weighted by molar-refractivity contribution is 7.89. The van der Waals surface area contributed by atoms with Crippen molar-refractivity contribution in [3.05, 3.63) is 50.6 Å². The van der Waals surface area contributed by atoms with Gasteiger partial charge in [-0.2, -0.15) is 0 Å². The number of hydrogen-bond acceptors (Lipinski definition) is 4. The van der Waals surface area contributed by atoms with Crippen LogP contribution in [0.4, 0.5) is 0 Å². The second kappa shape index (κ2) is 7.29. The van der Waals surface area contributed by atoms with Crippen molar-refractivity contribution in [1.29, 1.82) is 0 Å². The molecule has 0 aliphatic carbocycles. The van der Waals surface area contributed by atoms with Gasteiger partial charge in [-0.05, 0) is 43.7 Å². The maximum absolute atomic E-state index is 12.4. The number of nitrogens with one attached hydrogen (secondary N) is 1. The summed E-state index contributed by atoms with van der Waals surface area (Å²) in [6, 6.07) is 8.25. The Hall–Kier alpha value is -0.630. The van der Waals surface area contributed by atoms with Crippen LogP contribution in [0.2, 0.25) is 10.0 Å². The standard InChI is InChI=1S/C14H16Cl2N2O2S2/c1-18(2)12(13-4-3-7-21-13)9-17-22(19,20)14-8-10(15)5-6-11(14)16/h3-8,12,17H,9H2,1-2H3/t12-/m1/s1. The molecule has 22 heavy (non-hydrogen) atoms. The van der Waals surface area contributed by atoms with Gasteiger partial charge in [-0.15, -0.1) is 11.3 Å². The lowest BCUT2D eigenvalue weighted by atomic mass is 10.2. The quantitative estimate of drug-likeness (QED) is 0.834. The number of likely N-dealkylation sites (N-methyl/N-ethyl adjacent to an activating group) is 1. The van der Waals surface area contributed by atoms with Gasteiger partial charge in [-0.1, -0.05) is 29.3 Å². The van der Waals surface area contributed by atoms with Crippen LogP contribution in [-0.4, -0.2) is 34.0 Å². The number of halogens is 2. The zero-order chi connectivity index (χ0) is 16.3. The summed E-state index contributed by atoms with van der Waals surface area (Å²) >= 11 is 13.4. The molecule has 0 unspecified atom stereocenters. The van der Waals surface area contributed by atoms with Crippen molar-refractivity contribution in [2.45, 2.75) is 10.9 Å². The smallest absolute Gasteiger partial charge is 0.242 e. The summed E-state index contributed by atoms with van der Waals surface area (Å²) in [6.45, 7) is 0.249. The topological polar surface area (TPSA) is 49.4 Å². The van der Waals surface area contributed by atoms with Crippen LogP contribution in [0.3, 0.4) is 0 Å². The van der Waals surface area contributed by atoms with Crippen molar-refractivity contribution >= 4 is 44.6 Å². The summed E-state index contributed by atoms with van der Waals surface area (Å²) in [5.74, 6) is 0. The first-order valence-electron chi connectivity index (χ1n) is 6.46. The van der Waals surface area contributed by atoms with Crippen LogP contribution in [0.25, 0.3) is 0 Å². The maximum atomic E-state index is 12.4. The minimum absolute atomic E-state index is 0.00893. The number of thiophene rings is 1. The summed E-state index contributed by atoms with van der Waals surface area (Å²) in [4.78, 5) is 3.05. The fourth-order valence-corrected chi connectivity index (χ4v) is 4.69. The molecule has 0 spiro atoms. The molecule has 1 aromatic heterocycles. The van der Waals surface area contributed by atoms with Crippen LogP contribution in [0.5, 0.6) is 0 Å². The average Bonchev–Trinajstić information content (AvgIpc) is 2.95. The van der Waals surface area contributed by atoms with E-state index in [-0.39, 0.29) is 22.5 Å². The van der Waals surface area contributed by atoms with Gasteiger partial charge < -0.3 is 4.90 Å². The Morgan fingerprint density at radius 3 is 2.59 bits per heavy atom. The maximum Gasteiger partial charge on any atom is 0.242 e. The van der Waals surface area contributed by atoms with Crippen molar-refractivity contribution in [2.24, 2.45) is 0 Å². The molecular weight excluding hydrogens is 363 g/mol. The Balaban J connectivity index is 2.20. The van der Waals surface area contributed by atoms with E-state index in [1.807, 2.05) is 36.5 Å². The first-order valence-corrected chi connectivity index (χ1v) is 9.57. The summed E-state index contributed by atoms with van der Waals surface area (Å²) in [5, 5.41) is 2.44. The molecular formula is C14H16Cl2N2O2S2. The molecule has 0 radical (unpaired) electrons. The Labute approximate surface area is 144 Å². The highest BCUT2D eigenvalue weighted by Gasteiger charge is 2.22. The van der Waals surface area contributed by atoms with E-state index in [4.69, 9.17) is 23.2 Å². The van der Waals surface area contributed by atoms with Gasteiger partial charge in [0.25, 0.3) is 0 Å². The average molecular weight is 379 g/mol. The van der Waals surface area contributed by atoms with Crippen LogP contribution in [0, 0.1) is 0 Å². The summed E-state index contributed by atoms with van der Waals surface area (Å²) in [5.41, 5.74) is 0. The van der Waals surface area contributed by atoms with E-state index in [1.165, 1.54) is 12.1 Å². The van der Waals surface area contributed by atoms with Crippen LogP contribution < -0.4 is 4.72 Å². The van der Waals surface area contributed by atoms with Gasteiger partial charge in [0.15, 0.2) is 0 Å². The largest absolute Gasteiger partial charge is 0.300 e. The van der Waals surface area contributed by atoms with E-state index >= 15 is 0 Å². The molecule has 0 saturated carbocycles. The SMILES string of the molecule is CN(C)[C@H](CNS(=O)(=O)c1cc(Cl)ccc1Cl)c1cccs1. The monoisotopic (exact) mass is 378 g/mol. The summed E-state index contributed by atoms with van der Waals surface area (Å²) in [6.07, 6.45) is 0. The molecule has 1 atom stereocenters. The van der Waals surface area contributed by atoms with Crippen molar-refractivity contribution in [3.63, 3.8) is 0 Å². The molecule has 0 amide bonds. The van der Waals surface area contributed by atoms with Crippen LogP contribution in [0.15, 0.2) is 40.6 Å². The van der Waals surface area contributed by atoms with Gasteiger partial charge in [0, 0.05) is 16.4 Å². The fourth-order valence-electron chi connectivity index (χ4n) is 1.97. The van der Waals surface area contributed by atoms with E-state index < -0.39 is 10.0 Å². The minimum atomic E-state index is -3.72. The third kappa shape index (κ3) is 4.22. The van der Waals surface area contributed by atoms with Gasteiger partial charge in [-0.25, -0.2) is 13.1 Å². The lowest BCUT2D eigenvalue weighted by molar-refractivity contribution is 0.303. The highest BCUT2D eigenvalue weighted by Crippen LogP contribution is 2.26. The summed E-state index contributed by atoms with van der Waals surface area (Å²) < 4.78 is 27.5. The second-order valence-corrected chi connectivity index (χ2v) is 8.48. The third-order valence-electron chi connectivity index (χ3n) is 3.14. The number of hydrogen-bond donors (Lipinski definition) is 1. The second-order valence-electron chi connectivity index (χ2n) is 4.92. The van der Waals surface area contributed by atoms with E-state index in [2.05, 4.69) is 4.72 Å². The van der Waals surface area contributed by atoms with Gasteiger partial charge in [0.2, 0.25) is 10.0 Å². The molecule has 0 fully saturated rings. The van der Waals surface area contributed by atoms with Crippen molar-refractivity contribution < 1.29 is 8.42 Å². The molecule has 0 bridgehead atoms. The molecule has 2 rings (SSSR count). The Bertz CT molecular complexity index is 731. The Morgan fingerprint density at radius 1 is 1.27 bits per heavy atom. The molecule has 4 nitrogen and oxygen atoms in total. The number of nitrogens with zero attached hydrogens (tertiary/aromatic N) is 1. The van der Waals surface area contributed by atoms with Crippen LogP contribution in [0.1, 0.15) is 10.9 Å². The van der Waals surface area contributed by atoms with Crippen molar-refractivity contribution in [1.82, 2.24) is 9.62 Å². The number of rotatable bonds is 6. The van der Waals surface area contributed by atoms with Crippen molar-refractivity contribution in [2.75, 3.05) is 20.6 Å². The van der Waals surface area contributed by atoms with Crippen molar-refractivity contribution in [3.8, 4) is 0 Å². The molecule has 1 N–H and O–H groups in total. The van der Waals surface area contributed by atoms with Gasteiger partial charge in [0.05, 0.1) is 11.1 Å². The van der Waals surface area contributed by atoms with E-state index in [0.717, 1.165) is 4.88 Å². The highest BCUT2D eigenvalue weighted by atomic mass is 35.5. The van der Waals surface area contributed by atoms with Crippen LogP contribution in [-0.2, 0) is 10.0 Å². The zero-order valence-corrected chi connectivity index (χ0v) is 15.2. The van der Waals surface area contributed by atoms with Crippen LogP contribution >= 0.6 is 34.5 Å². The normalized spacial score (nSPS) is 13.5. The zero-order valence-electron chi connectivity index (χ0n) is 12.1. The minimum Gasteiger partial charge on any atom is -0.300 e. The third-order valence-corrected chi connectivity index (χ3v) is 6.26. The first-order chi connectivity index (χ1) is 10.3. The Morgan fingerprint density at radius 2 is 2.00 bits per heavy atom. The van der Waals surface area contributed by atoms with E-state index in [9.17, 15) is 8.42 Å². The number of benzene rings is 1. The molecule has 0 aliphatic rings. The predicted octanol–water partition coefficient (Wildman–Crippen LogP) is 3.64. The fraction of sp³-hybridized carbons (Fsp3) is 0.286. The van der Waals surface area contributed by atoms with Gasteiger partial charge in [-0.3, -0.25) is 0 Å². The van der Waals surface area contributed by atoms with E-state index in [1.54, 1.807) is 17.4 Å². The first kappa shape index (κ1) is 17.7. The molecule has 0 aliphatic heterocycles. The molecule has 0 saturated heterocycles. The molecule has 8 heteroatoms. The van der Waals surface area contributed by atoms with Gasteiger partial charge in [0.1, 0.15) is 4.90 Å². The van der Waals surface area contributed by atoms with Gasteiger partial charge >= 0.3 is 0 Å². The lowest BCUT2D eigenvalue weighted by Gasteiger charge is -2.23. The summed E-state index contributed by atoms with van der Waals surface area (Å²) in [7, 11) is 0.0940. The number of sulfonamides is 1.